The van der Waals surface area contributed by atoms with Crippen molar-refractivity contribution in [3.8, 4) is 0 Å². The maximum Gasteiger partial charge on any atom is 0.240 e. The third-order valence-electron chi connectivity index (χ3n) is 3.00. The van der Waals surface area contributed by atoms with E-state index in [2.05, 4.69) is 20.7 Å². The van der Waals surface area contributed by atoms with E-state index in [-0.39, 0.29) is 5.91 Å². The first-order valence-electron chi connectivity index (χ1n) is 6.01. The zero-order valence-electron chi connectivity index (χ0n) is 10.2. The zero-order valence-corrected chi connectivity index (χ0v) is 11.0. The van der Waals surface area contributed by atoms with Crippen molar-refractivity contribution in [3.05, 3.63) is 11.4 Å². The Hall–Kier alpha value is -1.93. The Labute approximate surface area is 113 Å². The van der Waals surface area contributed by atoms with Gasteiger partial charge in [-0.1, -0.05) is 0 Å². The molecule has 3 rings (SSSR count). The molecular weight excluding hydrogens is 264 g/mol. The summed E-state index contributed by atoms with van der Waals surface area (Å²) in [6.07, 6.45) is 0.896. The third-order valence-corrected chi connectivity index (χ3v) is 3.80. The van der Waals surface area contributed by atoms with E-state index in [1.165, 1.54) is 11.3 Å². The van der Waals surface area contributed by atoms with Gasteiger partial charge in [0.15, 0.2) is 0 Å². The summed E-state index contributed by atoms with van der Waals surface area (Å²) >= 11 is 1.53. The molecule has 0 atom stereocenters. The molecule has 0 unspecified atom stereocenters. The van der Waals surface area contributed by atoms with Crippen molar-refractivity contribution in [1.29, 1.82) is 0 Å². The van der Waals surface area contributed by atoms with Gasteiger partial charge in [0.25, 0.3) is 0 Å². The maximum atomic E-state index is 11.7. The van der Waals surface area contributed by atoms with Crippen LogP contribution >= 0.6 is 11.3 Å². The number of rotatable bonds is 2. The van der Waals surface area contributed by atoms with E-state index in [9.17, 15) is 4.79 Å². The van der Waals surface area contributed by atoms with Crippen LogP contribution in [0.25, 0.3) is 10.2 Å². The van der Waals surface area contributed by atoms with Crippen LogP contribution in [0.3, 0.4) is 0 Å². The van der Waals surface area contributed by atoms with Gasteiger partial charge in [-0.15, -0.1) is 11.3 Å². The van der Waals surface area contributed by atoms with Gasteiger partial charge in [-0.2, -0.15) is 4.98 Å². The second kappa shape index (κ2) is 4.98. The Balaban J connectivity index is 2.06. The van der Waals surface area contributed by atoms with E-state index < -0.39 is 0 Å². The summed E-state index contributed by atoms with van der Waals surface area (Å²) in [6, 6.07) is 1.97. The SMILES string of the molecule is NNc1nc(N2CCCNC(=O)C2)c2ccsc2n1. The summed E-state index contributed by atoms with van der Waals surface area (Å²) < 4.78 is 0. The molecule has 1 saturated heterocycles. The van der Waals surface area contributed by atoms with Crippen LogP contribution in [0.2, 0.25) is 0 Å². The molecule has 100 valence electrons. The lowest BCUT2D eigenvalue weighted by Crippen LogP contribution is -2.33. The molecule has 0 aliphatic carbocycles. The Morgan fingerprint density at radius 3 is 3.21 bits per heavy atom. The van der Waals surface area contributed by atoms with E-state index in [0.717, 1.165) is 29.0 Å². The van der Waals surface area contributed by atoms with Crippen LogP contribution in [0, 0.1) is 0 Å². The van der Waals surface area contributed by atoms with Gasteiger partial charge in [-0.3, -0.25) is 10.2 Å². The average Bonchev–Trinajstić information content (AvgIpc) is 2.79. The van der Waals surface area contributed by atoms with Gasteiger partial charge in [0.1, 0.15) is 10.6 Å². The normalized spacial score (nSPS) is 16.3. The number of carbonyl (C=O) groups excluding carboxylic acids is 1. The summed E-state index contributed by atoms with van der Waals surface area (Å²) in [5.74, 6) is 6.54. The van der Waals surface area contributed by atoms with Crippen LogP contribution in [0.5, 0.6) is 0 Å². The number of carbonyl (C=O) groups is 1. The summed E-state index contributed by atoms with van der Waals surface area (Å²) in [5, 5.41) is 5.77. The Bertz CT molecular complexity index is 612. The molecule has 19 heavy (non-hydrogen) atoms. The number of nitrogens with two attached hydrogens (primary N) is 1. The van der Waals surface area contributed by atoms with Crippen molar-refractivity contribution in [2.75, 3.05) is 30.0 Å². The van der Waals surface area contributed by atoms with Crippen molar-refractivity contribution in [2.45, 2.75) is 6.42 Å². The maximum absolute atomic E-state index is 11.7. The number of nitrogens with zero attached hydrogens (tertiary/aromatic N) is 3. The fourth-order valence-electron chi connectivity index (χ4n) is 2.13. The fourth-order valence-corrected chi connectivity index (χ4v) is 2.89. The molecule has 1 fully saturated rings. The van der Waals surface area contributed by atoms with Crippen LogP contribution in [-0.4, -0.2) is 35.5 Å². The molecule has 2 aromatic rings. The zero-order chi connectivity index (χ0) is 13.2. The second-order valence-electron chi connectivity index (χ2n) is 4.28. The molecular formula is C11H14N6OS. The summed E-state index contributed by atoms with van der Waals surface area (Å²) in [6.45, 7) is 1.80. The Morgan fingerprint density at radius 2 is 2.37 bits per heavy atom. The third kappa shape index (κ3) is 2.32. The van der Waals surface area contributed by atoms with Crippen molar-refractivity contribution < 1.29 is 4.79 Å². The number of nitrogens with one attached hydrogen (secondary N) is 2. The first-order chi connectivity index (χ1) is 9.28. The van der Waals surface area contributed by atoms with Gasteiger partial charge in [0.05, 0.1) is 11.9 Å². The summed E-state index contributed by atoms with van der Waals surface area (Å²) in [7, 11) is 0. The van der Waals surface area contributed by atoms with Gasteiger partial charge < -0.3 is 10.2 Å². The fraction of sp³-hybridized carbons (Fsp3) is 0.364. The molecule has 7 nitrogen and oxygen atoms in total. The van der Waals surface area contributed by atoms with E-state index in [1.807, 2.05) is 16.3 Å². The molecule has 4 N–H and O–H groups in total. The number of hydrogen-bond acceptors (Lipinski definition) is 7. The number of hydrazine groups is 1. The molecule has 0 spiro atoms. The molecule has 8 heteroatoms. The van der Waals surface area contributed by atoms with E-state index in [1.54, 1.807) is 0 Å². The standard InChI is InChI=1S/C11H14N6OS/c12-16-11-14-9(7-2-5-19-10(7)15-11)17-4-1-3-13-8(18)6-17/h2,5H,1,3-4,6,12H2,(H,13,18)(H,14,15,16). The monoisotopic (exact) mass is 278 g/mol. The van der Waals surface area contributed by atoms with Gasteiger partial charge in [0.2, 0.25) is 11.9 Å². The minimum absolute atomic E-state index is 0.0155. The minimum atomic E-state index is 0.0155. The van der Waals surface area contributed by atoms with Crippen LogP contribution < -0.4 is 21.5 Å². The van der Waals surface area contributed by atoms with Gasteiger partial charge in [0, 0.05) is 13.1 Å². The number of fused-ring (bicyclic) bond motifs is 1. The molecule has 0 aromatic carbocycles. The van der Waals surface area contributed by atoms with Crippen LogP contribution in [0.4, 0.5) is 11.8 Å². The Morgan fingerprint density at radius 1 is 1.47 bits per heavy atom. The van der Waals surface area contributed by atoms with Gasteiger partial charge in [-0.05, 0) is 17.9 Å². The van der Waals surface area contributed by atoms with Crippen LogP contribution in [0.15, 0.2) is 11.4 Å². The number of thiophene rings is 1. The molecule has 1 aliphatic heterocycles. The first kappa shape index (κ1) is 12.1. The number of anilines is 2. The lowest BCUT2D eigenvalue weighted by atomic mass is 10.3. The average molecular weight is 278 g/mol. The summed E-state index contributed by atoms with van der Waals surface area (Å²) in [5.41, 5.74) is 2.47. The predicted molar refractivity (Wildman–Crippen MR) is 75.1 cm³/mol. The quantitative estimate of drug-likeness (QED) is 0.540. The highest BCUT2D eigenvalue weighted by atomic mass is 32.1. The first-order valence-corrected chi connectivity index (χ1v) is 6.89. The van der Waals surface area contributed by atoms with Crippen LogP contribution in [-0.2, 0) is 4.79 Å². The van der Waals surface area contributed by atoms with Gasteiger partial charge in [-0.25, -0.2) is 10.8 Å². The largest absolute Gasteiger partial charge is 0.354 e. The molecule has 2 aromatic heterocycles. The topological polar surface area (TPSA) is 96.2 Å². The van der Waals surface area contributed by atoms with Crippen molar-refractivity contribution >= 4 is 39.2 Å². The lowest BCUT2D eigenvalue weighted by Gasteiger charge is -2.21. The molecule has 0 bridgehead atoms. The van der Waals surface area contributed by atoms with Crippen molar-refractivity contribution in [2.24, 2.45) is 5.84 Å². The second-order valence-corrected chi connectivity index (χ2v) is 5.17. The highest BCUT2D eigenvalue weighted by Gasteiger charge is 2.19. The van der Waals surface area contributed by atoms with Crippen molar-refractivity contribution in [1.82, 2.24) is 15.3 Å². The molecule has 1 aliphatic rings. The number of aromatic nitrogens is 2. The lowest BCUT2D eigenvalue weighted by molar-refractivity contribution is -0.119. The molecule has 0 saturated carbocycles. The van der Waals surface area contributed by atoms with Gasteiger partial charge >= 0.3 is 0 Å². The number of amides is 1. The molecule has 3 heterocycles. The highest BCUT2D eigenvalue weighted by molar-refractivity contribution is 7.16. The highest BCUT2D eigenvalue weighted by Crippen LogP contribution is 2.29. The van der Waals surface area contributed by atoms with Crippen molar-refractivity contribution in [3.63, 3.8) is 0 Å². The van der Waals surface area contributed by atoms with E-state index in [4.69, 9.17) is 5.84 Å². The molecule has 0 radical (unpaired) electrons. The Kier molecular flexibility index (Phi) is 3.18. The van der Waals surface area contributed by atoms with E-state index >= 15 is 0 Å². The van der Waals surface area contributed by atoms with E-state index in [0.29, 0.717) is 19.0 Å². The smallest absolute Gasteiger partial charge is 0.240 e. The summed E-state index contributed by atoms with van der Waals surface area (Å²) in [4.78, 5) is 23.2. The number of hydrogen-bond donors (Lipinski definition) is 3. The number of nitrogen functional groups attached to an aromatic ring is 1. The minimum Gasteiger partial charge on any atom is -0.354 e. The van der Waals surface area contributed by atoms with Crippen LogP contribution in [0.1, 0.15) is 6.42 Å². The predicted octanol–water partition coefficient (Wildman–Crippen LogP) is 0.303. The molecule has 1 amide bonds.